The minimum atomic E-state index is -0.442. The fraction of sp³-hybridized carbons (Fsp3) is 0.207. The Bertz CT molecular complexity index is 1550. The quantitative estimate of drug-likeness (QED) is 0.289. The van der Waals surface area contributed by atoms with Crippen molar-refractivity contribution in [2.75, 3.05) is 18.9 Å². The van der Waals surface area contributed by atoms with Crippen LogP contribution in [0.5, 0.6) is 17.2 Å². The number of aromatic nitrogens is 4. The number of halogens is 1. The monoisotopic (exact) mass is 511 g/mol. The van der Waals surface area contributed by atoms with Crippen molar-refractivity contribution in [3.8, 4) is 28.5 Å². The van der Waals surface area contributed by atoms with Crippen LogP contribution in [0.15, 0.2) is 79.1 Å². The lowest BCUT2D eigenvalue weighted by molar-refractivity contribution is 0.0674. The van der Waals surface area contributed by atoms with E-state index in [9.17, 15) is 4.39 Å². The maximum atomic E-state index is 14.3. The van der Waals surface area contributed by atoms with E-state index in [4.69, 9.17) is 25.0 Å². The van der Waals surface area contributed by atoms with Crippen molar-refractivity contribution in [3.05, 3.63) is 90.5 Å². The van der Waals surface area contributed by atoms with Gasteiger partial charge >= 0.3 is 0 Å². The second-order valence-electron chi connectivity index (χ2n) is 9.12. The summed E-state index contributed by atoms with van der Waals surface area (Å²) < 4.78 is 33.5. The lowest BCUT2D eigenvalue weighted by atomic mass is 10.1. The molecular formula is C29H26FN5O3. The van der Waals surface area contributed by atoms with Crippen molar-refractivity contribution in [2.24, 2.45) is 0 Å². The van der Waals surface area contributed by atoms with E-state index in [-0.39, 0.29) is 6.04 Å². The van der Waals surface area contributed by atoms with E-state index in [2.05, 4.69) is 9.97 Å². The Hall–Kier alpha value is -4.50. The zero-order chi connectivity index (χ0) is 25.9. The Morgan fingerprint density at radius 3 is 2.47 bits per heavy atom. The van der Waals surface area contributed by atoms with Gasteiger partial charge in [0.05, 0.1) is 11.4 Å². The maximum Gasteiger partial charge on any atom is 0.164 e. The van der Waals surface area contributed by atoms with Gasteiger partial charge in [-0.2, -0.15) is 5.10 Å². The fourth-order valence-corrected chi connectivity index (χ4v) is 4.62. The lowest BCUT2D eigenvalue weighted by Gasteiger charge is -2.22. The van der Waals surface area contributed by atoms with Gasteiger partial charge < -0.3 is 19.9 Å². The molecule has 1 fully saturated rings. The van der Waals surface area contributed by atoms with Gasteiger partial charge in [-0.3, -0.25) is 0 Å². The Balaban J connectivity index is 1.24. The molecule has 0 spiro atoms. The molecule has 3 aromatic carbocycles. The van der Waals surface area contributed by atoms with Gasteiger partial charge in [0.15, 0.2) is 5.65 Å². The Kier molecular flexibility index (Phi) is 6.58. The van der Waals surface area contributed by atoms with E-state index in [1.165, 1.54) is 18.5 Å². The first-order chi connectivity index (χ1) is 18.6. The molecule has 0 aliphatic carbocycles. The number of hydrogen-bond donors (Lipinski definition) is 1. The highest BCUT2D eigenvalue weighted by atomic mass is 19.1. The van der Waals surface area contributed by atoms with Crippen LogP contribution in [0.1, 0.15) is 24.4 Å². The minimum Gasteiger partial charge on any atom is -0.489 e. The number of hydrogen-bond acceptors (Lipinski definition) is 7. The van der Waals surface area contributed by atoms with Crippen molar-refractivity contribution in [2.45, 2.75) is 25.5 Å². The number of rotatable bonds is 7. The zero-order valence-electron chi connectivity index (χ0n) is 20.6. The predicted octanol–water partition coefficient (Wildman–Crippen LogP) is 5.94. The number of nitrogens with two attached hydrogens (primary N) is 1. The Morgan fingerprint density at radius 1 is 0.921 bits per heavy atom. The van der Waals surface area contributed by atoms with E-state index < -0.39 is 5.82 Å². The molecule has 5 aromatic rings. The number of benzene rings is 3. The number of fused-ring (bicyclic) bond motifs is 1. The van der Waals surface area contributed by atoms with Crippen LogP contribution in [0.2, 0.25) is 0 Å². The molecule has 38 heavy (non-hydrogen) atoms. The molecule has 1 aliphatic heterocycles. The van der Waals surface area contributed by atoms with Gasteiger partial charge in [-0.25, -0.2) is 19.0 Å². The average Bonchev–Trinajstić information content (AvgIpc) is 3.34. The number of nitrogen functional groups attached to an aromatic ring is 1. The van der Waals surface area contributed by atoms with E-state index in [0.717, 1.165) is 29.4 Å². The van der Waals surface area contributed by atoms with Crippen LogP contribution in [0, 0.1) is 5.82 Å². The minimum absolute atomic E-state index is 0.184. The first kappa shape index (κ1) is 23.9. The number of anilines is 1. The fourth-order valence-electron chi connectivity index (χ4n) is 4.62. The summed E-state index contributed by atoms with van der Waals surface area (Å²) in [6, 6.07) is 21.6. The summed E-state index contributed by atoms with van der Waals surface area (Å²) in [5, 5.41) is 5.62. The molecule has 0 unspecified atom stereocenters. The summed E-state index contributed by atoms with van der Waals surface area (Å²) in [7, 11) is 0. The molecular weight excluding hydrogens is 485 g/mol. The third kappa shape index (κ3) is 5.01. The van der Waals surface area contributed by atoms with Gasteiger partial charge in [-0.15, -0.1) is 0 Å². The van der Waals surface area contributed by atoms with Crippen LogP contribution >= 0.6 is 0 Å². The standard InChI is InChI=1S/C29H26FN5O3/c30-21-14-24(37-17-19-4-2-1-3-5-19)16-25(15-21)38-23-8-6-20(7-9-23)27-26-28(31)32-18-33-29(26)35(34-27)22-10-12-36-13-11-22/h1-9,14-16,18,22H,10-13,17H2,(H2,31,32,33). The largest absolute Gasteiger partial charge is 0.489 e. The van der Waals surface area contributed by atoms with Gasteiger partial charge in [0.25, 0.3) is 0 Å². The van der Waals surface area contributed by atoms with Gasteiger partial charge in [0.1, 0.15) is 47.5 Å². The summed E-state index contributed by atoms with van der Waals surface area (Å²) in [5.41, 5.74) is 9.52. The molecule has 0 atom stereocenters. The third-order valence-corrected chi connectivity index (χ3v) is 6.51. The highest BCUT2D eigenvalue weighted by Gasteiger charge is 2.24. The number of nitrogens with zero attached hydrogens (tertiary/aromatic N) is 4. The molecule has 1 saturated heterocycles. The lowest BCUT2D eigenvalue weighted by Crippen LogP contribution is -2.20. The summed E-state index contributed by atoms with van der Waals surface area (Å²) in [6.45, 7) is 1.71. The van der Waals surface area contributed by atoms with E-state index in [1.807, 2.05) is 59.3 Å². The van der Waals surface area contributed by atoms with Crippen LogP contribution in [0.25, 0.3) is 22.3 Å². The Labute approximate surface area is 218 Å². The molecule has 1 aliphatic rings. The molecule has 0 radical (unpaired) electrons. The molecule has 192 valence electrons. The van der Waals surface area contributed by atoms with E-state index in [1.54, 1.807) is 6.07 Å². The van der Waals surface area contributed by atoms with Gasteiger partial charge in [0.2, 0.25) is 0 Å². The highest BCUT2D eigenvalue weighted by molar-refractivity contribution is 5.98. The second kappa shape index (κ2) is 10.5. The van der Waals surface area contributed by atoms with Crippen LogP contribution < -0.4 is 15.2 Å². The molecule has 8 nitrogen and oxygen atoms in total. The summed E-state index contributed by atoms with van der Waals surface area (Å²) >= 11 is 0. The predicted molar refractivity (Wildman–Crippen MR) is 142 cm³/mol. The number of ether oxygens (including phenoxy) is 3. The second-order valence-corrected chi connectivity index (χ2v) is 9.12. The molecule has 0 amide bonds. The molecule has 9 heteroatoms. The van der Waals surface area contributed by atoms with E-state index >= 15 is 0 Å². The van der Waals surface area contributed by atoms with Gasteiger partial charge in [0, 0.05) is 37.0 Å². The van der Waals surface area contributed by atoms with Crippen molar-refractivity contribution >= 4 is 16.9 Å². The molecule has 2 aromatic heterocycles. The Morgan fingerprint density at radius 2 is 1.68 bits per heavy atom. The van der Waals surface area contributed by atoms with Gasteiger partial charge in [-0.05, 0) is 42.7 Å². The normalized spacial score (nSPS) is 14.0. The molecule has 0 bridgehead atoms. The maximum absolute atomic E-state index is 14.3. The SMILES string of the molecule is Nc1ncnc2c1c(-c1ccc(Oc3cc(F)cc(OCc4ccccc4)c3)cc1)nn2C1CCOCC1. The van der Waals surface area contributed by atoms with Crippen molar-refractivity contribution in [1.29, 1.82) is 0 Å². The molecule has 0 saturated carbocycles. The van der Waals surface area contributed by atoms with Gasteiger partial charge in [-0.1, -0.05) is 30.3 Å². The van der Waals surface area contributed by atoms with Crippen molar-refractivity contribution in [3.63, 3.8) is 0 Å². The third-order valence-electron chi connectivity index (χ3n) is 6.51. The van der Waals surface area contributed by atoms with Crippen molar-refractivity contribution in [1.82, 2.24) is 19.7 Å². The summed E-state index contributed by atoms with van der Waals surface area (Å²) in [4.78, 5) is 8.68. The van der Waals surface area contributed by atoms with Crippen LogP contribution in [-0.2, 0) is 11.3 Å². The van der Waals surface area contributed by atoms with Crippen LogP contribution in [-0.4, -0.2) is 33.0 Å². The van der Waals surface area contributed by atoms with E-state index in [0.29, 0.717) is 54.2 Å². The highest BCUT2D eigenvalue weighted by Crippen LogP contribution is 2.35. The summed E-state index contributed by atoms with van der Waals surface area (Å²) in [5.74, 6) is 1.22. The van der Waals surface area contributed by atoms with Crippen molar-refractivity contribution < 1.29 is 18.6 Å². The van der Waals surface area contributed by atoms with Crippen LogP contribution in [0.3, 0.4) is 0 Å². The molecule has 6 rings (SSSR count). The molecule has 2 N–H and O–H groups in total. The topological polar surface area (TPSA) is 97.3 Å². The molecule has 3 heterocycles. The average molecular weight is 512 g/mol. The summed E-state index contributed by atoms with van der Waals surface area (Å²) in [6.07, 6.45) is 3.18. The zero-order valence-corrected chi connectivity index (χ0v) is 20.6. The van der Waals surface area contributed by atoms with Crippen LogP contribution in [0.4, 0.5) is 10.2 Å². The first-order valence-corrected chi connectivity index (χ1v) is 12.5. The smallest absolute Gasteiger partial charge is 0.164 e. The first-order valence-electron chi connectivity index (χ1n) is 12.5.